The molecule has 2 rings (SSSR count). The van der Waals surface area contributed by atoms with Gasteiger partial charge in [-0.3, -0.25) is 4.72 Å². The Hall–Kier alpha value is -1.33. The Labute approximate surface area is 153 Å². The summed E-state index contributed by atoms with van der Waals surface area (Å²) in [4.78, 5) is -0.493. The van der Waals surface area contributed by atoms with Gasteiger partial charge in [-0.15, -0.1) is 0 Å². The van der Waals surface area contributed by atoms with Gasteiger partial charge in [0.25, 0.3) is 10.0 Å². The number of ether oxygens (including phenoxy) is 1. The van der Waals surface area contributed by atoms with Gasteiger partial charge in [0.1, 0.15) is 15.5 Å². The number of methoxy groups -OCH3 is 1. The molecule has 0 aromatic heterocycles. The molecular formula is C13H12BrClN2O5S2. The first-order chi connectivity index (χ1) is 11.0. The number of hydrogen-bond acceptors (Lipinski definition) is 5. The van der Waals surface area contributed by atoms with Crippen LogP contribution in [0.2, 0.25) is 5.02 Å². The van der Waals surface area contributed by atoms with Crippen molar-refractivity contribution in [3.63, 3.8) is 0 Å². The first kappa shape index (κ1) is 19.0. The largest absolute Gasteiger partial charge is 0.495 e. The van der Waals surface area contributed by atoms with Gasteiger partial charge in [0, 0.05) is 4.47 Å². The summed E-state index contributed by atoms with van der Waals surface area (Å²) < 4.78 is 55.8. The lowest BCUT2D eigenvalue weighted by atomic mass is 10.3. The molecule has 24 heavy (non-hydrogen) atoms. The van der Waals surface area contributed by atoms with Gasteiger partial charge in [0.2, 0.25) is 10.0 Å². The number of anilines is 1. The van der Waals surface area contributed by atoms with Crippen molar-refractivity contribution >= 4 is 53.3 Å². The summed E-state index contributed by atoms with van der Waals surface area (Å²) in [6.07, 6.45) is 0. The molecule has 0 saturated heterocycles. The standard InChI is InChI=1S/C13H12BrClN2O5S2/c1-22-11-4-3-9(7-13(11)23(16,18)19)17-24(20,21)12-5-2-8(14)6-10(12)15/h2-7,17H,1H3,(H2,16,18,19). The number of hydrogen-bond donors (Lipinski definition) is 2. The minimum Gasteiger partial charge on any atom is -0.495 e. The van der Waals surface area contributed by atoms with E-state index < -0.39 is 20.0 Å². The van der Waals surface area contributed by atoms with Crippen molar-refractivity contribution in [3.05, 3.63) is 45.9 Å². The lowest BCUT2D eigenvalue weighted by Crippen LogP contribution is -2.16. The van der Waals surface area contributed by atoms with Crippen LogP contribution in [-0.2, 0) is 20.0 Å². The minimum atomic E-state index is -4.09. The zero-order valence-electron chi connectivity index (χ0n) is 12.2. The Balaban J connectivity index is 2.47. The summed E-state index contributed by atoms with van der Waals surface area (Å²) in [7, 11) is -6.84. The van der Waals surface area contributed by atoms with E-state index in [2.05, 4.69) is 20.7 Å². The molecule has 130 valence electrons. The van der Waals surface area contributed by atoms with E-state index in [0.717, 1.165) is 6.07 Å². The highest BCUT2D eigenvalue weighted by Gasteiger charge is 2.21. The molecule has 0 heterocycles. The molecule has 2 aromatic carbocycles. The Morgan fingerprint density at radius 1 is 1.08 bits per heavy atom. The fourth-order valence-corrected chi connectivity index (χ4v) is 4.68. The highest BCUT2D eigenvalue weighted by Crippen LogP contribution is 2.30. The van der Waals surface area contributed by atoms with Crippen LogP contribution in [0.1, 0.15) is 0 Å². The zero-order valence-corrected chi connectivity index (χ0v) is 16.1. The summed E-state index contributed by atoms with van der Waals surface area (Å²) in [5, 5.41) is 5.12. The van der Waals surface area contributed by atoms with Crippen molar-refractivity contribution in [2.24, 2.45) is 5.14 Å². The second-order valence-electron chi connectivity index (χ2n) is 4.59. The highest BCUT2D eigenvalue weighted by atomic mass is 79.9. The molecule has 0 aliphatic heterocycles. The van der Waals surface area contributed by atoms with Crippen molar-refractivity contribution in [1.82, 2.24) is 0 Å². The highest BCUT2D eigenvalue weighted by molar-refractivity contribution is 9.10. The van der Waals surface area contributed by atoms with Crippen molar-refractivity contribution in [1.29, 1.82) is 0 Å². The third-order valence-corrected chi connectivity index (χ3v) is 6.20. The Morgan fingerprint density at radius 2 is 1.75 bits per heavy atom. The normalized spacial score (nSPS) is 12.0. The summed E-state index contributed by atoms with van der Waals surface area (Å²) in [5.74, 6) is 0.00196. The van der Waals surface area contributed by atoms with Crippen LogP contribution in [0.3, 0.4) is 0 Å². The fourth-order valence-electron chi connectivity index (χ4n) is 1.87. The van der Waals surface area contributed by atoms with E-state index in [1.54, 1.807) is 0 Å². The van der Waals surface area contributed by atoms with Crippen molar-refractivity contribution in [2.45, 2.75) is 9.79 Å². The van der Waals surface area contributed by atoms with Crippen LogP contribution < -0.4 is 14.6 Å². The molecule has 0 aliphatic rings. The molecule has 11 heteroatoms. The number of nitrogens with one attached hydrogen (secondary N) is 1. The molecule has 0 atom stereocenters. The lowest BCUT2D eigenvalue weighted by Gasteiger charge is -2.12. The van der Waals surface area contributed by atoms with E-state index in [9.17, 15) is 16.8 Å². The first-order valence-electron chi connectivity index (χ1n) is 6.23. The number of nitrogens with two attached hydrogens (primary N) is 1. The molecule has 0 fully saturated rings. The Morgan fingerprint density at radius 3 is 2.29 bits per heavy atom. The van der Waals surface area contributed by atoms with E-state index in [0.29, 0.717) is 4.47 Å². The van der Waals surface area contributed by atoms with E-state index in [4.69, 9.17) is 21.5 Å². The second-order valence-corrected chi connectivity index (χ2v) is 9.09. The SMILES string of the molecule is COc1ccc(NS(=O)(=O)c2ccc(Br)cc2Cl)cc1S(N)(=O)=O. The quantitative estimate of drug-likeness (QED) is 0.719. The Kier molecular flexibility index (Phi) is 5.45. The van der Waals surface area contributed by atoms with Crippen molar-refractivity contribution < 1.29 is 21.6 Å². The Bertz CT molecular complexity index is 993. The van der Waals surface area contributed by atoms with Gasteiger partial charge in [0.15, 0.2) is 0 Å². The molecule has 0 aliphatic carbocycles. The molecule has 0 unspecified atom stereocenters. The second kappa shape index (κ2) is 6.89. The van der Waals surface area contributed by atoms with Gasteiger partial charge in [-0.1, -0.05) is 27.5 Å². The average molecular weight is 456 g/mol. The predicted molar refractivity (Wildman–Crippen MR) is 94.3 cm³/mol. The van der Waals surface area contributed by atoms with Crippen LogP contribution in [0.25, 0.3) is 0 Å². The van der Waals surface area contributed by atoms with E-state index in [1.807, 2.05) is 0 Å². The van der Waals surface area contributed by atoms with Gasteiger partial charge in [-0.25, -0.2) is 22.0 Å². The monoisotopic (exact) mass is 454 g/mol. The van der Waals surface area contributed by atoms with Gasteiger partial charge in [0.05, 0.1) is 17.8 Å². The van der Waals surface area contributed by atoms with Crippen LogP contribution in [0.4, 0.5) is 5.69 Å². The molecule has 0 spiro atoms. The van der Waals surface area contributed by atoms with Crippen LogP contribution in [-0.4, -0.2) is 23.9 Å². The summed E-state index contributed by atoms with van der Waals surface area (Å²) in [6, 6.07) is 7.97. The smallest absolute Gasteiger partial charge is 0.263 e. The molecule has 0 amide bonds. The number of primary sulfonamides is 1. The number of sulfonamides is 2. The fraction of sp³-hybridized carbons (Fsp3) is 0.0769. The first-order valence-corrected chi connectivity index (χ1v) is 10.4. The summed E-state index contributed by atoms with van der Waals surface area (Å²) >= 11 is 9.13. The predicted octanol–water partition coefficient (Wildman–Crippen LogP) is 2.56. The van der Waals surface area contributed by atoms with Gasteiger partial charge in [-0.05, 0) is 36.4 Å². The number of rotatable bonds is 5. The summed E-state index contributed by atoms with van der Waals surface area (Å²) in [6.45, 7) is 0. The molecule has 7 nitrogen and oxygen atoms in total. The van der Waals surface area contributed by atoms with Gasteiger partial charge < -0.3 is 4.74 Å². The lowest BCUT2D eigenvalue weighted by molar-refractivity contribution is 0.403. The van der Waals surface area contributed by atoms with E-state index in [1.165, 1.54) is 37.4 Å². The maximum atomic E-state index is 12.4. The molecular weight excluding hydrogens is 444 g/mol. The maximum absolute atomic E-state index is 12.4. The molecule has 0 saturated carbocycles. The molecule has 0 bridgehead atoms. The number of halogens is 2. The van der Waals surface area contributed by atoms with E-state index in [-0.39, 0.29) is 26.3 Å². The van der Waals surface area contributed by atoms with Crippen LogP contribution in [0, 0.1) is 0 Å². The van der Waals surface area contributed by atoms with Crippen LogP contribution >= 0.6 is 27.5 Å². The maximum Gasteiger partial charge on any atom is 0.263 e. The zero-order chi connectivity index (χ0) is 18.1. The minimum absolute atomic E-state index is 0.00110. The van der Waals surface area contributed by atoms with Crippen LogP contribution in [0.15, 0.2) is 50.7 Å². The van der Waals surface area contributed by atoms with Crippen LogP contribution in [0.5, 0.6) is 5.75 Å². The third kappa shape index (κ3) is 4.19. The third-order valence-electron chi connectivity index (χ3n) is 2.91. The molecule has 2 aromatic rings. The number of benzene rings is 2. The van der Waals surface area contributed by atoms with Crippen molar-refractivity contribution in [2.75, 3.05) is 11.8 Å². The average Bonchev–Trinajstić information content (AvgIpc) is 2.45. The topological polar surface area (TPSA) is 116 Å². The molecule has 0 radical (unpaired) electrons. The van der Waals surface area contributed by atoms with Gasteiger partial charge >= 0.3 is 0 Å². The van der Waals surface area contributed by atoms with Crippen molar-refractivity contribution in [3.8, 4) is 5.75 Å². The van der Waals surface area contributed by atoms with Gasteiger partial charge in [-0.2, -0.15) is 0 Å². The molecule has 3 N–H and O–H groups in total. The summed E-state index contributed by atoms with van der Waals surface area (Å²) in [5.41, 5.74) is -0.00110. The van der Waals surface area contributed by atoms with E-state index >= 15 is 0 Å².